The zero-order valence-corrected chi connectivity index (χ0v) is 15.6. The standard InChI is InChI=1S/C18H30N4O2/c1-6-7-10-22(17(24)13-8-9-13)12-16(23)19-15-11-14(18(2,3)4)20-21(15)5/h11,13H,6-10,12H2,1-5H3,(H,19,23). The number of carbonyl (C=O) groups excluding carboxylic acids is 2. The van der Waals surface area contributed by atoms with Crippen LogP contribution in [-0.2, 0) is 22.1 Å². The van der Waals surface area contributed by atoms with E-state index in [0.717, 1.165) is 31.4 Å². The average Bonchev–Trinajstić information content (AvgIpc) is 3.27. The summed E-state index contributed by atoms with van der Waals surface area (Å²) in [5, 5.41) is 7.35. The van der Waals surface area contributed by atoms with Gasteiger partial charge in [0, 0.05) is 31.0 Å². The first-order valence-electron chi connectivity index (χ1n) is 8.85. The molecule has 1 aromatic rings. The van der Waals surface area contributed by atoms with Crippen LogP contribution < -0.4 is 5.32 Å². The number of hydrogen-bond acceptors (Lipinski definition) is 3. The third-order valence-electron chi connectivity index (χ3n) is 4.27. The Hall–Kier alpha value is -1.85. The normalized spacial score (nSPS) is 14.5. The maximum atomic E-state index is 12.4. The molecule has 24 heavy (non-hydrogen) atoms. The van der Waals surface area contributed by atoms with Gasteiger partial charge in [0.05, 0.1) is 12.2 Å². The van der Waals surface area contributed by atoms with Crippen molar-refractivity contribution in [3.8, 4) is 0 Å². The fraction of sp³-hybridized carbons (Fsp3) is 0.722. The second kappa shape index (κ2) is 7.36. The van der Waals surface area contributed by atoms with Crippen LogP contribution in [-0.4, -0.2) is 39.6 Å². The number of unbranched alkanes of at least 4 members (excludes halogenated alkanes) is 1. The summed E-state index contributed by atoms with van der Waals surface area (Å²) < 4.78 is 1.68. The summed E-state index contributed by atoms with van der Waals surface area (Å²) in [6.45, 7) is 9.11. The zero-order chi connectivity index (χ0) is 17.9. The summed E-state index contributed by atoms with van der Waals surface area (Å²) in [5.74, 6) is 0.764. The summed E-state index contributed by atoms with van der Waals surface area (Å²) in [6.07, 6.45) is 3.85. The van der Waals surface area contributed by atoms with Gasteiger partial charge in [-0.25, -0.2) is 0 Å². The third kappa shape index (κ3) is 4.82. The molecule has 0 radical (unpaired) electrons. The van der Waals surface area contributed by atoms with Crippen LogP contribution in [0.2, 0.25) is 0 Å². The lowest BCUT2D eigenvalue weighted by Gasteiger charge is -2.22. The number of amides is 2. The van der Waals surface area contributed by atoms with Crippen molar-refractivity contribution in [2.75, 3.05) is 18.4 Å². The Bertz CT molecular complexity index is 597. The molecule has 1 aliphatic rings. The molecule has 6 nitrogen and oxygen atoms in total. The molecule has 1 N–H and O–H groups in total. The van der Waals surface area contributed by atoms with Gasteiger partial charge in [-0.3, -0.25) is 14.3 Å². The molecular weight excluding hydrogens is 304 g/mol. The molecular formula is C18H30N4O2. The first-order chi connectivity index (χ1) is 11.2. The highest BCUT2D eigenvalue weighted by molar-refractivity contribution is 5.94. The molecule has 0 saturated heterocycles. The van der Waals surface area contributed by atoms with E-state index in [9.17, 15) is 9.59 Å². The predicted octanol–water partition coefficient (Wildman–Crippen LogP) is 2.69. The van der Waals surface area contributed by atoms with Crippen molar-refractivity contribution in [3.05, 3.63) is 11.8 Å². The molecule has 0 aliphatic heterocycles. The minimum absolute atomic E-state index is 0.0736. The van der Waals surface area contributed by atoms with Gasteiger partial charge in [0.25, 0.3) is 0 Å². The van der Waals surface area contributed by atoms with Gasteiger partial charge in [-0.2, -0.15) is 5.10 Å². The average molecular weight is 334 g/mol. The zero-order valence-electron chi connectivity index (χ0n) is 15.6. The molecule has 1 aliphatic carbocycles. The largest absolute Gasteiger partial charge is 0.333 e. The van der Waals surface area contributed by atoms with Gasteiger partial charge in [0.15, 0.2) is 0 Å². The Morgan fingerprint density at radius 3 is 2.54 bits per heavy atom. The van der Waals surface area contributed by atoms with E-state index in [-0.39, 0.29) is 29.7 Å². The van der Waals surface area contributed by atoms with Crippen LogP contribution in [0.3, 0.4) is 0 Å². The highest BCUT2D eigenvalue weighted by atomic mass is 16.2. The van der Waals surface area contributed by atoms with Crippen LogP contribution in [0.4, 0.5) is 5.82 Å². The second-order valence-electron chi connectivity index (χ2n) is 7.72. The first-order valence-corrected chi connectivity index (χ1v) is 8.85. The van der Waals surface area contributed by atoms with E-state index in [4.69, 9.17) is 0 Å². The molecule has 1 heterocycles. The molecule has 1 aromatic heterocycles. The molecule has 0 unspecified atom stereocenters. The van der Waals surface area contributed by atoms with E-state index in [1.54, 1.807) is 9.58 Å². The van der Waals surface area contributed by atoms with Crippen molar-refractivity contribution < 1.29 is 9.59 Å². The monoisotopic (exact) mass is 334 g/mol. The number of carbonyl (C=O) groups is 2. The van der Waals surface area contributed by atoms with E-state index in [2.05, 4.69) is 38.1 Å². The Labute approximate surface area is 144 Å². The fourth-order valence-electron chi connectivity index (χ4n) is 2.51. The summed E-state index contributed by atoms with van der Waals surface area (Å²) in [6, 6.07) is 1.90. The lowest BCUT2D eigenvalue weighted by molar-refractivity contribution is -0.135. The SMILES string of the molecule is CCCCN(CC(=O)Nc1cc(C(C)(C)C)nn1C)C(=O)C1CC1. The lowest BCUT2D eigenvalue weighted by Crippen LogP contribution is -2.39. The van der Waals surface area contributed by atoms with Gasteiger partial charge in [0.2, 0.25) is 11.8 Å². The number of aryl methyl sites for hydroxylation is 1. The molecule has 2 rings (SSSR count). The van der Waals surface area contributed by atoms with Crippen LogP contribution in [0.15, 0.2) is 6.07 Å². The van der Waals surface area contributed by atoms with Gasteiger partial charge in [0.1, 0.15) is 5.82 Å². The minimum Gasteiger partial charge on any atom is -0.333 e. The molecule has 0 bridgehead atoms. The summed E-state index contributed by atoms with van der Waals surface area (Å²) in [4.78, 5) is 26.4. The van der Waals surface area contributed by atoms with Crippen LogP contribution in [0.1, 0.15) is 59.1 Å². The van der Waals surface area contributed by atoms with Crippen LogP contribution >= 0.6 is 0 Å². The second-order valence-corrected chi connectivity index (χ2v) is 7.72. The lowest BCUT2D eigenvalue weighted by atomic mass is 9.92. The maximum absolute atomic E-state index is 12.4. The predicted molar refractivity (Wildman–Crippen MR) is 94.7 cm³/mol. The van der Waals surface area contributed by atoms with E-state index in [0.29, 0.717) is 12.4 Å². The maximum Gasteiger partial charge on any atom is 0.245 e. The van der Waals surface area contributed by atoms with E-state index in [1.807, 2.05) is 13.1 Å². The molecule has 1 fully saturated rings. The van der Waals surface area contributed by atoms with E-state index < -0.39 is 0 Å². The third-order valence-corrected chi connectivity index (χ3v) is 4.27. The topological polar surface area (TPSA) is 67.2 Å². The quantitative estimate of drug-likeness (QED) is 0.833. The smallest absolute Gasteiger partial charge is 0.245 e. The Kier molecular flexibility index (Phi) is 5.67. The molecule has 1 saturated carbocycles. The van der Waals surface area contributed by atoms with Crippen LogP contribution in [0, 0.1) is 5.92 Å². The number of nitrogens with zero attached hydrogens (tertiary/aromatic N) is 3. The first kappa shape index (κ1) is 18.5. The number of aromatic nitrogens is 2. The van der Waals surface area contributed by atoms with Gasteiger partial charge in [-0.1, -0.05) is 34.1 Å². The van der Waals surface area contributed by atoms with Crippen LogP contribution in [0.5, 0.6) is 0 Å². The van der Waals surface area contributed by atoms with Gasteiger partial charge in [-0.05, 0) is 19.3 Å². The highest BCUT2D eigenvalue weighted by Gasteiger charge is 2.34. The van der Waals surface area contributed by atoms with Gasteiger partial charge < -0.3 is 10.2 Å². The van der Waals surface area contributed by atoms with Gasteiger partial charge >= 0.3 is 0 Å². The summed E-state index contributed by atoms with van der Waals surface area (Å²) in [5.41, 5.74) is 0.854. The highest BCUT2D eigenvalue weighted by Crippen LogP contribution is 2.31. The van der Waals surface area contributed by atoms with Crippen molar-refractivity contribution in [2.24, 2.45) is 13.0 Å². The number of rotatable bonds is 7. The number of hydrogen-bond donors (Lipinski definition) is 1. The van der Waals surface area contributed by atoms with Crippen molar-refractivity contribution in [3.63, 3.8) is 0 Å². The molecule has 2 amide bonds. The Morgan fingerprint density at radius 1 is 1.38 bits per heavy atom. The molecule has 6 heteroatoms. The van der Waals surface area contributed by atoms with Crippen molar-refractivity contribution >= 4 is 17.6 Å². The summed E-state index contributed by atoms with van der Waals surface area (Å²) in [7, 11) is 1.81. The van der Waals surface area contributed by atoms with Gasteiger partial charge in [-0.15, -0.1) is 0 Å². The molecule has 0 aromatic carbocycles. The number of nitrogens with one attached hydrogen (secondary N) is 1. The Balaban J connectivity index is 1.99. The van der Waals surface area contributed by atoms with E-state index in [1.165, 1.54) is 0 Å². The summed E-state index contributed by atoms with van der Waals surface area (Å²) >= 11 is 0. The molecule has 134 valence electrons. The van der Waals surface area contributed by atoms with Crippen LogP contribution in [0.25, 0.3) is 0 Å². The molecule has 0 spiro atoms. The minimum atomic E-state index is -0.163. The number of anilines is 1. The van der Waals surface area contributed by atoms with Crippen molar-refractivity contribution in [2.45, 2.75) is 58.8 Å². The molecule has 0 atom stereocenters. The Morgan fingerprint density at radius 2 is 2.04 bits per heavy atom. The van der Waals surface area contributed by atoms with Crippen molar-refractivity contribution in [1.82, 2.24) is 14.7 Å². The fourth-order valence-corrected chi connectivity index (χ4v) is 2.51. The van der Waals surface area contributed by atoms with E-state index >= 15 is 0 Å². The van der Waals surface area contributed by atoms with Crippen molar-refractivity contribution in [1.29, 1.82) is 0 Å².